The topological polar surface area (TPSA) is 55.2 Å². The number of non-ortho nitro benzene ring substituents is 1. The van der Waals surface area contributed by atoms with Crippen molar-refractivity contribution in [1.29, 1.82) is 0 Å². The van der Waals surface area contributed by atoms with Crippen molar-refractivity contribution in [2.45, 2.75) is 20.3 Å². The zero-order chi connectivity index (χ0) is 13.0. The molecule has 0 aliphatic carbocycles. The number of nitro groups is 1. The largest absolute Gasteiger partial charge is 0.380 e. The maximum atomic E-state index is 13.4. The Balaban J connectivity index is 2.83. The van der Waals surface area contributed by atoms with E-state index in [0.717, 1.165) is 6.42 Å². The molecule has 6 heteroatoms. The van der Waals surface area contributed by atoms with Crippen LogP contribution in [0.4, 0.5) is 20.2 Å². The Morgan fingerprint density at radius 1 is 1.35 bits per heavy atom. The molecule has 0 heterocycles. The van der Waals surface area contributed by atoms with Crippen LogP contribution in [0.15, 0.2) is 12.1 Å². The van der Waals surface area contributed by atoms with Crippen molar-refractivity contribution in [3.63, 3.8) is 0 Å². The number of nitrogens with one attached hydrogen (secondary N) is 1. The lowest BCUT2D eigenvalue weighted by atomic mass is 10.1. The first-order valence-corrected chi connectivity index (χ1v) is 5.29. The molecule has 0 spiro atoms. The zero-order valence-electron chi connectivity index (χ0n) is 9.67. The summed E-state index contributed by atoms with van der Waals surface area (Å²) in [5, 5.41) is 13.0. The molecule has 1 N–H and O–H groups in total. The second-order valence-electron chi connectivity index (χ2n) is 4.15. The number of nitro benzene ring substituents is 1. The van der Waals surface area contributed by atoms with E-state index in [1.54, 1.807) is 0 Å². The van der Waals surface area contributed by atoms with E-state index in [4.69, 9.17) is 0 Å². The summed E-state index contributed by atoms with van der Waals surface area (Å²) in [5.41, 5.74) is -0.898. The van der Waals surface area contributed by atoms with E-state index in [1.165, 1.54) is 0 Å². The van der Waals surface area contributed by atoms with Crippen LogP contribution in [0.2, 0.25) is 0 Å². The fraction of sp³-hybridized carbons (Fsp3) is 0.455. The highest BCUT2D eigenvalue weighted by Crippen LogP contribution is 2.24. The Bertz CT molecular complexity index is 399. The highest BCUT2D eigenvalue weighted by Gasteiger charge is 2.16. The van der Waals surface area contributed by atoms with E-state index in [0.29, 0.717) is 24.6 Å². The molecular weight excluding hydrogens is 230 g/mol. The lowest BCUT2D eigenvalue weighted by Crippen LogP contribution is -2.08. The molecule has 0 unspecified atom stereocenters. The van der Waals surface area contributed by atoms with Crippen LogP contribution in [0.1, 0.15) is 20.3 Å². The van der Waals surface area contributed by atoms with Crippen LogP contribution < -0.4 is 5.32 Å². The van der Waals surface area contributed by atoms with Gasteiger partial charge in [0.05, 0.1) is 17.1 Å². The average molecular weight is 244 g/mol. The molecule has 0 bridgehead atoms. The normalized spacial score (nSPS) is 10.6. The maximum absolute atomic E-state index is 13.4. The van der Waals surface area contributed by atoms with Crippen molar-refractivity contribution >= 4 is 11.4 Å². The van der Waals surface area contributed by atoms with Gasteiger partial charge in [-0.15, -0.1) is 0 Å². The minimum atomic E-state index is -0.944. The van der Waals surface area contributed by atoms with E-state index >= 15 is 0 Å². The summed E-state index contributed by atoms with van der Waals surface area (Å²) in [4.78, 5) is 9.54. The molecule has 0 atom stereocenters. The third kappa shape index (κ3) is 3.65. The molecule has 94 valence electrons. The third-order valence-electron chi connectivity index (χ3n) is 2.26. The van der Waals surface area contributed by atoms with Crippen LogP contribution in [0.3, 0.4) is 0 Å². The first kappa shape index (κ1) is 13.3. The number of rotatable bonds is 5. The van der Waals surface area contributed by atoms with Gasteiger partial charge in [0, 0.05) is 6.54 Å². The quantitative estimate of drug-likeness (QED) is 0.638. The van der Waals surface area contributed by atoms with Gasteiger partial charge in [0.2, 0.25) is 0 Å². The molecule has 0 aromatic heterocycles. The first-order chi connectivity index (χ1) is 7.91. The van der Waals surface area contributed by atoms with Crippen LogP contribution in [0.5, 0.6) is 0 Å². The Labute approximate surface area is 97.8 Å². The third-order valence-corrected chi connectivity index (χ3v) is 2.26. The molecule has 0 amide bonds. The minimum Gasteiger partial charge on any atom is -0.380 e. The van der Waals surface area contributed by atoms with Crippen molar-refractivity contribution in [3.8, 4) is 0 Å². The summed E-state index contributed by atoms with van der Waals surface area (Å²) in [6.45, 7) is 4.40. The van der Waals surface area contributed by atoms with E-state index in [9.17, 15) is 18.9 Å². The van der Waals surface area contributed by atoms with E-state index in [-0.39, 0.29) is 5.69 Å². The van der Waals surface area contributed by atoms with E-state index in [1.807, 2.05) is 13.8 Å². The van der Waals surface area contributed by atoms with Crippen LogP contribution in [0.25, 0.3) is 0 Å². The van der Waals surface area contributed by atoms with Crippen LogP contribution in [-0.4, -0.2) is 11.5 Å². The van der Waals surface area contributed by atoms with Gasteiger partial charge in [0.1, 0.15) is 5.69 Å². The maximum Gasteiger partial charge on any atom is 0.275 e. The van der Waals surface area contributed by atoms with Gasteiger partial charge >= 0.3 is 0 Å². The molecule has 0 saturated heterocycles. The number of hydrogen-bond donors (Lipinski definition) is 1. The van der Waals surface area contributed by atoms with Crippen LogP contribution >= 0.6 is 0 Å². The Morgan fingerprint density at radius 2 is 1.88 bits per heavy atom. The van der Waals surface area contributed by atoms with Crippen molar-refractivity contribution in [2.75, 3.05) is 11.9 Å². The Hall–Kier alpha value is -1.72. The predicted octanol–water partition coefficient (Wildman–Crippen LogP) is 3.33. The summed E-state index contributed by atoms with van der Waals surface area (Å²) >= 11 is 0. The molecule has 17 heavy (non-hydrogen) atoms. The number of hydrogen-bond acceptors (Lipinski definition) is 3. The highest BCUT2D eigenvalue weighted by molar-refractivity contribution is 5.51. The van der Waals surface area contributed by atoms with Crippen molar-refractivity contribution in [1.82, 2.24) is 0 Å². The van der Waals surface area contributed by atoms with Gasteiger partial charge in [-0.05, 0) is 12.3 Å². The second kappa shape index (κ2) is 5.56. The van der Waals surface area contributed by atoms with Gasteiger partial charge in [0.25, 0.3) is 5.69 Å². The lowest BCUT2D eigenvalue weighted by molar-refractivity contribution is -0.385. The van der Waals surface area contributed by atoms with Gasteiger partial charge in [-0.25, -0.2) is 8.78 Å². The molecule has 4 nitrogen and oxygen atoms in total. The molecule has 1 rings (SSSR count). The standard InChI is InChI=1S/C11H14F2N2O2/c1-7(2)3-4-14-11-9(12)5-8(15(16)17)6-10(11)13/h5-7,14H,3-4H2,1-2H3. The second-order valence-corrected chi connectivity index (χ2v) is 4.15. The summed E-state index contributed by atoms with van der Waals surface area (Å²) < 4.78 is 26.8. The van der Waals surface area contributed by atoms with Crippen molar-refractivity contribution in [3.05, 3.63) is 33.9 Å². The Kier molecular flexibility index (Phi) is 4.37. The number of benzene rings is 1. The summed E-state index contributed by atoms with van der Waals surface area (Å²) in [5.74, 6) is -1.48. The summed E-state index contributed by atoms with van der Waals surface area (Å²) in [6, 6.07) is 1.42. The minimum absolute atomic E-state index is 0.309. The first-order valence-electron chi connectivity index (χ1n) is 5.29. The van der Waals surface area contributed by atoms with Gasteiger partial charge in [0.15, 0.2) is 11.6 Å². The molecule has 0 radical (unpaired) electrons. The van der Waals surface area contributed by atoms with E-state index in [2.05, 4.69) is 5.32 Å². The highest BCUT2D eigenvalue weighted by atomic mass is 19.1. The molecule has 1 aromatic carbocycles. The Morgan fingerprint density at radius 3 is 2.29 bits per heavy atom. The number of anilines is 1. The van der Waals surface area contributed by atoms with Gasteiger partial charge in [-0.2, -0.15) is 0 Å². The summed E-state index contributed by atoms with van der Waals surface area (Å²) in [6.07, 6.45) is 0.760. The monoisotopic (exact) mass is 244 g/mol. The summed E-state index contributed by atoms with van der Waals surface area (Å²) in [7, 11) is 0. The molecule has 0 saturated carbocycles. The number of halogens is 2. The van der Waals surface area contributed by atoms with E-state index < -0.39 is 22.2 Å². The van der Waals surface area contributed by atoms with Crippen LogP contribution in [-0.2, 0) is 0 Å². The zero-order valence-corrected chi connectivity index (χ0v) is 9.67. The van der Waals surface area contributed by atoms with Crippen molar-refractivity contribution in [2.24, 2.45) is 5.92 Å². The average Bonchev–Trinajstić information content (AvgIpc) is 2.21. The van der Waals surface area contributed by atoms with Gasteiger partial charge < -0.3 is 5.32 Å². The fourth-order valence-corrected chi connectivity index (χ4v) is 1.32. The van der Waals surface area contributed by atoms with Gasteiger partial charge in [-0.1, -0.05) is 13.8 Å². The smallest absolute Gasteiger partial charge is 0.275 e. The SMILES string of the molecule is CC(C)CCNc1c(F)cc([N+](=O)[O-])cc1F. The number of nitrogens with zero attached hydrogens (tertiary/aromatic N) is 1. The molecule has 1 aromatic rings. The fourth-order valence-electron chi connectivity index (χ4n) is 1.32. The molecule has 0 aliphatic heterocycles. The molecular formula is C11H14F2N2O2. The molecule has 0 fully saturated rings. The van der Waals surface area contributed by atoms with Crippen LogP contribution in [0, 0.1) is 27.7 Å². The van der Waals surface area contributed by atoms with Gasteiger partial charge in [-0.3, -0.25) is 10.1 Å². The lowest BCUT2D eigenvalue weighted by Gasteiger charge is -2.10. The predicted molar refractivity (Wildman–Crippen MR) is 61.0 cm³/mol. The van der Waals surface area contributed by atoms with Crippen molar-refractivity contribution < 1.29 is 13.7 Å². The molecule has 0 aliphatic rings.